The Labute approximate surface area is 135 Å². The number of aromatic hydroxyl groups is 1. The van der Waals surface area contributed by atoms with Gasteiger partial charge in [-0.15, -0.1) is 0 Å². The van der Waals surface area contributed by atoms with Gasteiger partial charge in [0.1, 0.15) is 11.9 Å². The summed E-state index contributed by atoms with van der Waals surface area (Å²) in [6, 6.07) is 25.9. The Kier molecular flexibility index (Phi) is 4.60. The monoisotopic (exact) mass is 305 g/mol. The molecule has 0 saturated heterocycles. The van der Waals surface area contributed by atoms with Crippen molar-refractivity contribution < 1.29 is 10.2 Å². The Morgan fingerprint density at radius 2 is 1.17 bits per heavy atom. The zero-order valence-corrected chi connectivity index (χ0v) is 12.6. The molecule has 3 N–H and O–H groups in total. The fraction of sp³-hybridized carbons (Fsp3) is 0.100. The number of aliphatic hydroxyl groups is 1. The molecule has 0 heterocycles. The number of hydrogen-bond acceptors (Lipinski definition) is 3. The first-order valence-electron chi connectivity index (χ1n) is 7.58. The van der Waals surface area contributed by atoms with Crippen molar-refractivity contribution in [1.29, 1.82) is 0 Å². The first kappa shape index (κ1) is 15.1. The average Bonchev–Trinajstić information content (AvgIpc) is 2.62. The Hall–Kier alpha value is -2.78. The maximum Gasteiger partial charge on any atom is 0.138 e. The second kappa shape index (κ2) is 6.99. The van der Waals surface area contributed by atoms with Gasteiger partial charge in [0.05, 0.1) is 11.7 Å². The van der Waals surface area contributed by atoms with Crippen molar-refractivity contribution in [1.82, 2.24) is 0 Å². The smallest absolute Gasteiger partial charge is 0.138 e. The van der Waals surface area contributed by atoms with Gasteiger partial charge in [-0.25, -0.2) is 0 Å². The highest BCUT2D eigenvalue weighted by atomic mass is 16.3. The van der Waals surface area contributed by atoms with Gasteiger partial charge < -0.3 is 15.5 Å². The van der Waals surface area contributed by atoms with Gasteiger partial charge in [0.15, 0.2) is 0 Å². The fourth-order valence-corrected chi connectivity index (χ4v) is 2.61. The summed E-state index contributed by atoms with van der Waals surface area (Å²) >= 11 is 0. The van der Waals surface area contributed by atoms with Crippen LogP contribution in [-0.2, 0) is 0 Å². The van der Waals surface area contributed by atoms with Crippen LogP contribution in [0, 0.1) is 0 Å². The number of phenols is 1. The lowest BCUT2D eigenvalue weighted by atomic mass is 9.95. The van der Waals surface area contributed by atoms with E-state index in [-0.39, 0.29) is 11.8 Å². The Morgan fingerprint density at radius 3 is 1.78 bits per heavy atom. The predicted molar refractivity (Wildman–Crippen MR) is 92.3 cm³/mol. The van der Waals surface area contributed by atoms with Crippen molar-refractivity contribution in [2.24, 2.45) is 0 Å². The van der Waals surface area contributed by atoms with Crippen LogP contribution in [0.2, 0.25) is 0 Å². The molecular weight excluding hydrogens is 286 g/mol. The number of nitrogens with one attached hydrogen (secondary N) is 1. The molecule has 0 radical (unpaired) electrons. The van der Waals surface area contributed by atoms with Crippen LogP contribution in [0.1, 0.15) is 23.3 Å². The summed E-state index contributed by atoms with van der Waals surface area (Å²) in [5, 5.41) is 24.1. The van der Waals surface area contributed by atoms with E-state index in [1.807, 2.05) is 66.7 Å². The maximum absolute atomic E-state index is 10.8. The quantitative estimate of drug-likeness (QED) is 0.617. The van der Waals surface area contributed by atoms with E-state index in [2.05, 4.69) is 5.32 Å². The van der Waals surface area contributed by atoms with Gasteiger partial charge in [0.2, 0.25) is 0 Å². The summed E-state index contributed by atoms with van der Waals surface area (Å²) < 4.78 is 0. The number of anilines is 1. The number of phenolic OH excluding ortho intramolecular Hbond substituents is 1. The van der Waals surface area contributed by atoms with Crippen LogP contribution >= 0.6 is 0 Å². The van der Waals surface area contributed by atoms with Gasteiger partial charge in [-0.2, -0.15) is 0 Å². The number of para-hydroxylation sites is 2. The molecule has 3 heteroatoms. The van der Waals surface area contributed by atoms with Crippen LogP contribution in [0.25, 0.3) is 0 Å². The van der Waals surface area contributed by atoms with Gasteiger partial charge in [-0.3, -0.25) is 0 Å². The number of rotatable bonds is 5. The van der Waals surface area contributed by atoms with E-state index in [0.717, 1.165) is 11.1 Å². The van der Waals surface area contributed by atoms with Gasteiger partial charge >= 0.3 is 0 Å². The highest BCUT2D eigenvalue weighted by molar-refractivity contribution is 5.57. The molecule has 0 fully saturated rings. The summed E-state index contributed by atoms with van der Waals surface area (Å²) in [7, 11) is 0. The van der Waals surface area contributed by atoms with E-state index in [1.54, 1.807) is 18.2 Å². The summed E-state index contributed by atoms with van der Waals surface area (Å²) in [5.74, 6) is 0.161. The zero-order chi connectivity index (χ0) is 16.1. The molecule has 0 bridgehead atoms. The highest BCUT2D eigenvalue weighted by Gasteiger charge is 2.23. The largest absolute Gasteiger partial charge is 0.506 e. The highest BCUT2D eigenvalue weighted by Crippen LogP contribution is 2.34. The number of benzene rings is 3. The van der Waals surface area contributed by atoms with E-state index < -0.39 is 6.10 Å². The first-order chi connectivity index (χ1) is 11.3. The maximum atomic E-state index is 10.8. The van der Waals surface area contributed by atoms with E-state index in [1.165, 1.54) is 0 Å². The third-order valence-electron chi connectivity index (χ3n) is 3.83. The second-order valence-electron chi connectivity index (χ2n) is 5.41. The topological polar surface area (TPSA) is 52.5 Å². The standard InChI is InChI=1S/C20H19NO2/c22-18-14-8-7-13-17(18)21-19(15-9-3-1-4-10-15)20(23)16-11-5-2-6-12-16/h1-14,19-23H. The molecule has 3 aromatic rings. The third kappa shape index (κ3) is 3.52. The van der Waals surface area contributed by atoms with Crippen molar-refractivity contribution in [3.63, 3.8) is 0 Å². The van der Waals surface area contributed by atoms with Gasteiger partial charge in [-0.05, 0) is 23.3 Å². The van der Waals surface area contributed by atoms with Crippen LogP contribution in [0.3, 0.4) is 0 Å². The SMILES string of the molecule is Oc1ccccc1NC(c1ccccc1)C(O)c1ccccc1. The minimum Gasteiger partial charge on any atom is -0.506 e. The summed E-state index contributed by atoms with van der Waals surface area (Å²) in [6.45, 7) is 0. The first-order valence-corrected chi connectivity index (χ1v) is 7.58. The van der Waals surface area contributed by atoms with Crippen LogP contribution in [-0.4, -0.2) is 10.2 Å². The summed E-state index contributed by atoms with van der Waals surface area (Å²) in [4.78, 5) is 0. The number of hydrogen-bond donors (Lipinski definition) is 3. The van der Waals surface area contributed by atoms with Crippen molar-refractivity contribution in [2.75, 3.05) is 5.32 Å². The molecular formula is C20H19NO2. The molecule has 0 aromatic heterocycles. The molecule has 116 valence electrons. The van der Waals surface area contributed by atoms with Crippen LogP contribution in [0.5, 0.6) is 5.75 Å². The third-order valence-corrected chi connectivity index (χ3v) is 3.83. The molecule has 2 unspecified atom stereocenters. The van der Waals surface area contributed by atoms with Crippen LogP contribution in [0.15, 0.2) is 84.9 Å². The summed E-state index contributed by atoms with van der Waals surface area (Å²) in [6.07, 6.45) is -0.738. The summed E-state index contributed by atoms with van der Waals surface area (Å²) in [5.41, 5.74) is 2.37. The molecule has 0 saturated carbocycles. The molecule has 0 aliphatic rings. The number of aliphatic hydroxyl groups excluding tert-OH is 1. The average molecular weight is 305 g/mol. The van der Waals surface area contributed by atoms with Crippen LogP contribution in [0.4, 0.5) is 5.69 Å². The molecule has 0 aliphatic carbocycles. The molecule has 2 atom stereocenters. The van der Waals surface area contributed by atoms with E-state index >= 15 is 0 Å². The van der Waals surface area contributed by atoms with E-state index in [0.29, 0.717) is 5.69 Å². The lowest BCUT2D eigenvalue weighted by Crippen LogP contribution is -2.19. The van der Waals surface area contributed by atoms with Gasteiger partial charge in [-0.1, -0.05) is 72.8 Å². The predicted octanol–water partition coefficient (Wildman–Crippen LogP) is 4.28. The second-order valence-corrected chi connectivity index (χ2v) is 5.41. The molecule has 0 spiro atoms. The Bertz CT molecular complexity index is 744. The van der Waals surface area contributed by atoms with Crippen molar-refractivity contribution in [2.45, 2.75) is 12.1 Å². The normalized spacial score (nSPS) is 13.3. The molecule has 0 aliphatic heterocycles. The minimum atomic E-state index is -0.738. The minimum absolute atomic E-state index is 0.161. The lowest BCUT2D eigenvalue weighted by Gasteiger charge is -2.26. The molecule has 3 aromatic carbocycles. The lowest BCUT2D eigenvalue weighted by molar-refractivity contribution is 0.155. The molecule has 3 rings (SSSR count). The van der Waals surface area contributed by atoms with Crippen LogP contribution < -0.4 is 5.32 Å². The van der Waals surface area contributed by atoms with Gasteiger partial charge in [0.25, 0.3) is 0 Å². The van der Waals surface area contributed by atoms with E-state index in [9.17, 15) is 10.2 Å². The van der Waals surface area contributed by atoms with Crippen molar-refractivity contribution >= 4 is 5.69 Å². The van der Waals surface area contributed by atoms with E-state index in [4.69, 9.17) is 0 Å². The Balaban J connectivity index is 1.96. The van der Waals surface area contributed by atoms with Crippen molar-refractivity contribution in [3.05, 3.63) is 96.1 Å². The fourth-order valence-electron chi connectivity index (χ4n) is 2.61. The molecule has 23 heavy (non-hydrogen) atoms. The zero-order valence-electron chi connectivity index (χ0n) is 12.6. The molecule has 3 nitrogen and oxygen atoms in total. The van der Waals surface area contributed by atoms with Crippen molar-refractivity contribution in [3.8, 4) is 5.75 Å². The molecule has 0 amide bonds. The van der Waals surface area contributed by atoms with Gasteiger partial charge in [0, 0.05) is 0 Å². The Morgan fingerprint density at radius 1 is 0.652 bits per heavy atom.